The summed E-state index contributed by atoms with van der Waals surface area (Å²) in [4.78, 5) is 11.2. The third-order valence-corrected chi connectivity index (χ3v) is 3.02. The summed E-state index contributed by atoms with van der Waals surface area (Å²) in [5.41, 5.74) is 1.16. The number of benzene rings is 2. The molecule has 0 saturated heterocycles. The van der Waals surface area contributed by atoms with E-state index in [1.54, 1.807) is 36.4 Å². The minimum absolute atomic E-state index is 0.0859. The highest BCUT2D eigenvalue weighted by Crippen LogP contribution is 2.24. The summed E-state index contributed by atoms with van der Waals surface area (Å²) in [5, 5.41) is 9.97. The van der Waals surface area contributed by atoms with E-state index in [9.17, 15) is 9.90 Å². The molecule has 2 rings (SSSR count). The van der Waals surface area contributed by atoms with Crippen LogP contribution in [0.3, 0.4) is 0 Å². The molecule has 0 amide bonds. The normalized spacial score (nSPS) is 10.2. The van der Waals surface area contributed by atoms with Crippen molar-refractivity contribution >= 4 is 17.4 Å². The lowest BCUT2D eigenvalue weighted by molar-refractivity contribution is 0.101. The van der Waals surface area contributed by atoms with Crippen molar-refractivity contribution in [2.24, 2.45) is 0 Å². The smallest absolute Gasteiger partial charge is 0.161 e. The van der Waals surface area contributed by atoms with Crippen LogP contribution in [-0.4, -0.2) is 10.9 Å². The molecule has 0 unspecified atom stereocenters. The first-order valence-electron chi connectivity index (χ1n) is 5.78. The zero-order chi connectivity index (χ0) is 13.8. The molecule has 2 aromatic rings. The summed E-state index contributed by atoms with van der Waals surface area (Å²) in [7, 11) is 0. The van der Waals surface area contributed by atoms with Crippen LogP contribution in [0.25, 0.3) is 0 Å². The molecule has 0 heterocycles. The highest BCUT2D eigenvalue weighted by Gasteiger charge is 2.07. The fraction of sp³-hybridized carbons (Fsp3) is 0.133. The van der Waals surface area contributed by atoms with E-state index in [1.165, 1.54) is 6.92 Å². The molecule has 0 spiro atoms. The lowest BCUT2D eigenvalue weighted by atomic mass is 10.1. The van der Waals surface area contributed by atoms with Crippen molar-refractivity contribution in [3.8, 4) is 11.5 Å². The van der Waals surface area contributed by atoms with Crippen molar-refractivity contribution in [2.45, 2.75) is 13.5 Å². The van der Waals surface area contributed by atoms with Crippen LogP contribution in [0.2, 0.25) is 5.02 Å². The van der Waals surface area contributed by atoms with Crippen LogP contribution in [0.1, 0.15) is 22.8 Å². The minimum atomic E-state index is -0.0859. The summed E-state index contributed by atoms with van der Waals surface area (Å²) >= 11 is 5.99. The molecular weight excluding hydrogens is 264 g/mol. The summed E-state index contributed by atoms with van der Waals surface area (Å²) in [6.45, 7) is 1.70. The largest absolute Gasteiger partial charge is 0.508 e. The van der Waals surface area contributed by atoms with Gasteiger partial charge in [-0.05, 0) is 31.2 Å². The van der Waals surface area contributed by atoms with Crippen molar-refractivity contribution in [3.05, 3.63) is 58.6 Å². The maximum absolute atomic E-state index is 11.2. The maximum atomic E-state index is 11.2. The fourth-order valence-electron chi connectivity index (χ4n) is 1.67. The molecule has 4 heteroatoms. The second-order valence-electron chi connectivity index (χ2n) is 4.12. The molecule has 0 aromatic heterocycles. The molecule has 0 fully saturated rings. The minimum Gasteiger partial charge on any atom is -0.508 e. The van der Waals surface area contributed by atoms with Crippen LogP contribution in [0.5, 0.6) is 11.5 Å². The van der Waals surface area contributed by atoms with Crippen LogP contribution >= 0.6 is 11.6 Å². The maximum Gasteiger partial charge on any atom is 0.161 e. The summed E-state index contributed by atoms with van der Waals surface area (Å²) in [6, 6.07) is 11.9. The van der Waals surface area contributed by atoms with Crippen molar-refractivity contribution in [1.82, 2.24) is 0 Å². The van der Waals surface area contributed by atoms with Gasteiger partial charge in [0.05, 0.1) is 5.02 Å². The Bertz CT molecular complexity index is 608. The molecule has 2 aromatic carbocycles. The molecular formula is C15H13ClO3. The van der Waals surface area contributed by atoms with Gasteiger partial charge in [0.1, 0.15) is 18.1 Å². The van der Waals surface area contributed by atoms with E-state index in [0.29, 0.717) is 21.9 Å². The highest BCUT2D eigenvalue weighted by molar-refractivity contribution is 6.34. The summed E-state index contributed by atoms with van der Waals surface area (Å²) in [6.07, 6.45) is 0. The van der Waals surface area contributed by atoms with Crippen molar-refractivity contribution in [1.29, 1.82) is 0 Å². The van der Waals surface area contributed by atoms with Crippen LogP contribution in [0.15, 0.2) is 42.5 Å². The van der Waals surface area contributed by atoms with E-state index in [0.717, 1.165) is 0 Å². The Morgan fingerprint density at radius 3 is 2.63 bits per heavy atom. The first-order chi connectivity index (χ1) is 9.08. The number of hydrogen-bond donors (Lipinski definition) is 1. The van der Waals surface area contributed by atoms with Crippen LogP contribution in [0, 0.1) is 0 Å². The second kappa shape index (κ2) is 5.76. The predicted molar refractivity (Wildman–Crippen MR) is 73.9 cm³/mol. The Kier molecular flexibility index (Phi) is 4.07. The van der Waals surface area contributed by atoms with Gasteiger partial charge in [0.25, 0.3) is 0 Å². The third kappa shape index (κ3) is 3.26. The standard InChI is InChI=1S/C15H13ClO3/c1-10(17)13-7-6-12(8-14(13)16)19-9-11-4-2-3-5-15(11)18/h2-8,18H,9H2,1H3. The van der Waals surface area contributed by atoms with Gasteiger partial charge in [-0.1, -0.05) is 29.8 Å². The number of hydrogen-bond acceptors (Lipinski definition) is 3. The average Bonchev–Trinajstić information content (AvgIpc) is 2.37. The van der Waals surface area contributed by atoms with Crippen molar-refractivity contribution in [3.63, 3.8) is 0 Å². The van der Waals surface area contributed by atoms with Gasteiger partial charge in [-0.15, -0.1) is 0 Å². The topological polar surface area (TPSA) is 46.5 Å². The Morgan fingerprint density at radius 1 is 1.26 bits per heavy atom. The van der Waals surface area contributed by atoms with Gasteiger partial charge in [-0.2, -0.15) is 0 Å². The van der Waals surface area contributed by atoms with Gasteiger partial charge in [0, 0.05) is 11.1 Å². The average molecular weight is 277 g/mol. The van der Waals surface area contributed by atoms with Gasteiger partial charge in [-0.3, -0.25) is 4.79 Å². The number of ether oxygens (including phenoxy) is 1. The molecule has 0 aliphatic heterocycles. The third-order valence-electron chi connectivity index (χ3n) is 2.71. The fourth-order valence-corrected chi connectivity index (χ4v) is 1.97. The molecule has 0 saturated carbocycles. The highest BCUT2D eigenvalue weighted by atomic mass is 35.5. The van der Waals surface area contributed by atoms with E-state index in [2.05, 4.69) is 0 Å². The number of carbonyl (C=O) groups is 1. The monoisotopic (exact) mass is 276 g/mol. The number of phenolic OH excluding ortho intramolecular Hbond substituents is 1. The molecule has 1 N–H and O–H groups in total. The molecule has 0 bridgehead atoms. The molecule has 0 atom stereocenters. The van der Waals surface area contributed by atoms with Gasteiger partial charge in [-0.25, -0.2) is 0 Å². The van der Waals surface area contributed by atoms with Gasteiger partial charge in [0.15, 0.2) is 5.78 Å². The quantitative estimate of drug-likeness (QED) is 0.864. The molecule has 19 heavy (non-hydrogen) atoms. The Balaban J connectivity index is 2.11. The van der Waals surface area contributed by atoms with E-state index >= 15 is 0 Å². The zero-order valence-corrected chi connectivity index (χ0v) is 11.1. The number of rotatable bonds is 4. The lowest BCUT2D eigenvalue weighted by Gasteiger charge is -2.09. The van der Waals surface area contributed by atoms with Gasteiger partial charge in [0.2, 0.25) is 0 Å². The molecule has 0 aliphatic carbocycles. The molecule has 3 nitrogen and oxygen atoms in total. The zero-order valence-electron chi connectivity index (χ0n) is 10.4. The SMILES string of the molecule is CC(=O)c1ccc(OCc2ccccc2O)cc1Cl. The first kappa shape index (κ1) is 13.4. The summed E-state index contributed by atoms with van der Waals surface area (Å²) < 4.78 is 5.53. The van der Waals surface area contributed by atoms with Gasteiger partial charge < -0.3 is 9.84 Å². The number of carbonyl (C=O) groups excluding carboxylic acids is 1. The van der Waals surface area contributed by atoms with E-state index < -0.39 is 0 Å². The number of aromatic hydroxyl groups is 1. The molecule has 0 radical (unpaired) electrons. The molecule has 98 valence electrons. The number of ketones is 1. The number of phenols is 1. The Labute approximate surface area is 116 Å². The number of para-hydroxylation sites is 1. The van der Waals surface area contributed by atoms with E-state index in [-0.39, 0.29) is 18.1 Å². The number of Topliss-reactive ketones (excluding diaryl/α,β-unsaturated/α-hetero) is 1. The van der Waals surface area contributed by atoms with Crippen LogP contribution in [-0.2, 0) is 6.61 Å². The Morgan fingerprint density at radius 2 is 2.00 bits per heavy atom. The second-order valence-corrected chi connectivity index (χ2v) is 4.52. The van der Waals surface area contributed by atoms with Crippen LogP contribution in [0.4, 0.5) is 0 Å². The van der Waals surface area contributed by atoms with E-state index in [1.807, 2.05) is 6.07 Å². The molecule has 0 aliphatic rings. The van der Waals surface area contributed by atoms with Crippen molar-refractivity contribution in [2.75, 3.05) is 0 Å². The Hall–Kier alpha value is -2.00. The first-order valence-corrected chi connectivity index (χ1v) is 6.16. The van der Waals surface area contributed by atoms with Crippen molar-refractivity contribution < 1.29 is 14.6 Å². The summed E-state index contributed by atoms with van der Waals surface area (Å²) in [5.74, 6) is 0.657. The number of halogens is 1. The van der Waals surface area contributed by atoms with Gasteiger partial charge >= 0.3 is 0 Å². The van der Waals surface area contributed by atoms with Crippen LogP contribution < -0.4 is 4.74 Å². The lowest BCUT2D eigenvalue weighted by Crippen LogP contribution is -1.98. The predicted octanol–water partition coefficient (Wildman–Crippen LogP) is 3.83. The van der Waals surface area contributed by atoms with E-state index in [4.69, 9.17) is 16.3 Å².